The Balaban J connectivity index is 2.17. The minimum Gasteiger partial charge on any atom is -0.360 e. The molecule has 0 bridgehead atoms. The van der Waals surface area contributed by atoms with Gasteiger partial charge in [0, 0.05) is 22.7 Å². The first-order chi connectivity index (χ1) is 8.78. The number of aromatic amines is 1. The molecule has 0 fully saturated rings. The first-order valence-corrected chi connectivity index (χ1v) is 5.60. The molecule has 3 rings (SSSR count). The summed E-state index contributed by atoms with van der Waals surface area (Å²) in [4.78, 5) is 13.9. The molecule has 3 heteroatoms. The Bertz CT molecular complexity index is 713. The van der Waals surface area contributed by atoms with Crippen molar-refractivity contribution >= 4 is 17.2 Å². The van der Waals surface area contributed by atoms with E-state index in [1.165, 1.54) is 12.1 Å². The second-order valence-electron chi connectivity index (χ2n) is 4.13. The minimum atomic E-state index is -0.255. The van der Waals surface area contributed by atoms with E-state index >= 15 is 0 Å². The number of aldehydes is 1. The third kappa shape index (κ3) is 1.70. The molecule has 0 aliphatic rings. The van der Waals surface area contributed by atoms with Crippen LogP contribution in [0.15, 0.2) is 48.7 Å². The van der Waals surface area contributed by atoms with Gasteiger partial charge in [0.05, 0.1) is 0 Å². The van der Waals surface area contributed by atoms with Crippen LogP contribution in [0.1, 0.15) is 10.4 Å². The summed E-state index contributed by atoms with van der Waals surface area (Å²) < 4.78 is 12.9. The lowest BCUT2D eigenvalue weighted by molar-refractivity contribution is 0.112. The van der Waals surface area contributed by atoms with Gasteiger partial charge in [-0.2, -0.15) is 0 Å². The summed E-state index contributed by atoms with van der Waals surface area (Å²) in [5.41, 5.74) is 3.44. The van der Waals surface area contributed by atoms with Crippen molar-refractivity contribution in [3.63, 3.8) is 0 Å². The van der Waals surface area contributed by atoms with E-state index in [1.807, 2.05) is 18.2 Å². The van der Waals surface area contributed by atoms with Gasteiger partial charge >= 0.3 is 0 Å². The molecule has 0 aliphatic carbocycles. The minimum absolute atomic E-state index is 0.255. The van der Waals surface area contributed by atoms with Crippen LogP contribution in [0.5, 0.6) is 0 Å². The predicted octanol–water partition coefficient (Wildman–Crippen LogP) is 3.79. The van der Waals surface area contributed by atoms with E-state index in [4.69, 9.17) is 0 Å². The molecule has 0 saturated heterocycles. The van der Waals surface area contributed by atoms with Gasteiger partial charge in [-0.3, -0.25) is 4.79 Å². The molecule has 1 aromatic heterocycles. The van der Waals surface area contributed by atoms with Crippen LogP contribution < -0.4 is 0 Å². The van der Waals surface area contributed by atoms with Gasteiger partial charge in [0.1, 0.15) is 5.82 Å². The summed E-state index contributed by atoms with van der Waals surface area (Å²) in [6, 6.07) is 12.1. The third-order valence-corrected chi connectivity index (χ3v) is 3.02. The van der Waals surface area contributed by atoms with Crippen molar-refractivity contribution < 1.29 is 9.18 Å². The highest BCUT2D eigenvalue weighted by atomic mass is 19.1. The highest BCUT2D eigenvalue weighted by molar-refractivity contribution is 5.99. The molecule has 0 unspecified atom stereocenters. The molecule has 88 valence electrons. The fourth-order valence-corrected chi connectivity index (χ4v) is 2.06. The van der Waals surface area contributed by atoms with Gasteiger partial charge in [0.25, 0.3) is 0 Å². The van der Waals surface area contributed by atoms with Gasteiger partial charge in [-0.1, -0.05) is 18.2 Å². The van der Waals surface area contributed by atoms with Crippen LogP contribution in [0.3, 0.4) is 0 Å². The molecule has 1 heterocycles. The number of benzene rings is 2. The third-order valence-electron chi connectivity index (χ3n) is 3.02. The van der Waals surface area contributed by atoms with Crippen molar-refractivity contribution in [2.24, 2.45) is 0 Å². The molecule has 0 spiro atoms. The lowest BCUT2D eigenvalue weighted by Crippen LogP contribution is -1.80. The Morgan fingerprint density at radius 3 is 2.44 bits per heavy atom. The van der Waals surface area contributed by atoms with E-state index < -0.39 is 0 Å². The van der Waals surface area contributed by atoms with E-state index in [0.717, 1.165) is 28.3 Å². The van der Waals surface area contributed by atoms with Crippen LogP contribution in [-0.4, -0.2) is 11.3 Å². The second-order valence-corrected chi connectivity index (χ2v) is 4.13. The molecule has 0 amide bonds. The summed E-state index contributed by atoms with van der Waals surface area (Å²) in [5, 5.41) is 0.881. The standard InChI is InChI=1S/C15H10FNO/c16-13-4-1-10(2-5-13)11-3-6-15-14(7-11)12(9-18)8-17-15/h1-9,17H. The topological polar surface area (TPSA) is 32.9 Å². The molecule has 0 radical (unpaired) electrons. The second kappa shape index (κ2) is 4.11. The Morgan fingerprint density at radius 1 is 1.00 bits per heavy atom. The first-order valence-electron chi connectivity index (χ1n) is 5.60. The summed E-state index contributed by atoms with van der Waals surface area (Å²) in [6.45, 7) is 0. The SMILES string of the molecule is O=Cc1c[nH]c2ccc(-c3ccc(F)cc3)cc12. The zero-order valence-electron chi connectivity index (χ0n) is 9.48. The number of hydrogen-bond acceptors (Lipinski definition) is 1. The largest absolute Gasteiger partial charge is 0.360 e. The van der Waals surface area contributed by atoms with Crippen molar-refractivity contribution in [3.05, 3.63) is 60.0 Å². The Kier molecular flexibility index (Phi) is 2.45. The van der Waals surface area contributed by atoms with Crippen LogP contribution >= 0.6 is 0 Å². The zero-order valence-corrected chi connectivity index (χ0v) is 9.48. The molecular weight excluding hydrogens is 229 g/mol. The molecule has 1 N–H and O–H groups in total. The average molecular weight is 239 g/mol. The van der Waals surface area contributed by atoms with E-state index in [9.17, 15) is 9.18 Å². The van der Waals surface area contributed by atoms with E-state index in [2.05, 4.69) is 4.98 Å². The van der Waals surface area contributed by atoms with Crippen LogP contribution in [0, 0.1) is 5.82 Å². The van der Waals surface area contributed by atoms with E-state index in [0.29, 0.717) is 5.56 Å². The van der Waals surface area contributed by atoms with Crippen molar-refractivity contribution in [1.82, 2.24) is 4.98 Å². The summed E-state index contributed by atoms with van der Waals surface area (Å²) in [6.07, 6.45) is 2.51. The number of hydrogen-bond donors (Lipinski definition) is 1. The van der Waals surface area contributed by atoms with Gasteiger partial charge in [0.2, 0.25) is 0 Å². The molecule has 3 aromatic rings. The number of rotatable bonds is 2. The van der Waals surface area contributed by atoms with E-state index in [1.54, 1.807) is 18.3 Å². The number of nitrogens with one attached hydrogen (secondary N) is 1. The smallest absolute Gasteiger partial charge is 0.152 e. The molecular formula is C15H10FNO. The van der Waals surface area contributed by atoms with E-state index in [-0.39, 0.29) is 5.82 Å². The van der Waals surface area contributed by atoms with Crippen LogP contribution in [-0.2, 0) is 0 Å². The Morgan fingerprint density at radius 2 is 1.72 bits per heavy atom. The lowest BCUT2D eigenvalue weighted by atomic mass is 10.0. The number of carbonyl (C=O) groups excluding carboxylic acids is 1. The highest BCUT2D eigenvalue weighted by Crippen LogP contribution is 2.25. The van der Waals surface area contributed by atoms with Gasteiger partial charge in [-0.05, 0) is 35.4 Å². The molecule has 0 saturated carbocycles. The summed E-state index contributed by atoms with van der Waals surface area (Å²) in [5.74, 6) is -0.255. The fourth-order valence-electron chi connectivity index (χ4n) is 2.06. The molecule has 0 atom stereocenters. The molecule has 2 nitrogen and oxygen atoms in total. The van der Waals surface area contributed by atoms with Gasteiger partial charge in [-0.25, -0.2) is 4.39 Å². The zero-order chi connectivity index (χ0) is 12.5. The number of fused-ring (bicyclic) bond motifs is 1. The van der Waals surface area contributed by atoms with Crippen molar-refractivity contribution in [2.45, 2.75) is 0 Å². The van der Waals surface area contributed by atoms with Crippen LogP contribution in [0.25, 0.3) is 22.0 Å². The van der Waals surface area contributed by atoms with Gasteiger partial charge < -0.3 is 4.98 Å². The average Bonchev–Trinajstić information content (AvgIpc) is 2.81. The normalized spacial score (nSPS) is 10.7. The first kappa shape index (κ1) is 10.7. The number of carbonyl (C=O) groups is 1. The summed E-state index contributed by atoms with van der Waals surface area (Å²) >= 11 is 0. The van der Waals surface area contributed by atoms with Crippen molar-refractivity contribution in [2.75, 3.05) is 0 Å². The highest BCUT2D eigenvalue weighted by Gasteiger charge is 2.05. The lowest BCUT2D eigenvalue weighted by Gasteiger charge is -2.02. The Hall–Kier alpha value is -2.42. The monoisotopic (exact) mass is 239 g/mol. The maximum Gasteiger partial charge on any atom is 0.152 e. The van der Waals surface area contributed by atoms with Crippen LogP contribution in [0.4, 0.5) is 4.39 Å². The maximum atomic E-state index is 12.9. The van der Waals surface area contributed by atoms with Gasteiger partial charge in [-0.15, -0.1) is 0 Å². The maximum absolute atomic E-state index is 12.9. The van der Waals surface area contributed by atoms with Crippen LogP contribution in [0.2, 0.25) is 0 Å². The van der Waals surface area contributed by atoms with Crippen molar-refractivity contribution in [1.29, 1.82) is 0 Å². The number of aromatic nitrogens is 1. The summed E-state index contributed by atoms with van der Waals surface area (Å²) in [7, 11) is 0. The predicted molar refractivity (Wildman–Crippen MR) is 69.1 cm³/mol. The number of halogens is 1. The quantitative estimate of drug-likeness (QED) is 0.678. The van der Waals surface area contributed by atoms with Gasteiger partial charge in [0.15, 0.2) is 6.29 Å². The Labute approximate surface area is 103 Å². The van der Waals surface area contributed by atoms with Crippen molar-refractivity contribution in [3.8, 4) is 11.1 Å². The fraction of sp³-hybridized carbons (Fsp3) is 0. The number of H-pyrrole nitrogens is 1. The molecule has 18 heavy (non-hydrogen) atoms. The molecule has 0 aliphatic heterocycles. The molecule has 2 aromatic carbocycles.